The number of aromatic nitrogens is 1. The second-order valence-corrected chi connectivity index (χ2v) is 3.93. The van der Waals surface area contributed by atoms with E-state index >= 15 is 0 Å². The maximum absolute atomic E-state index is 12.0. The molecule has 0 radical (unpaired) electrons. The Kier molecular flexibility index (Phi) is 2.68. The summed E-state index contributed by atoms with van der Waals surface area (Å²) in [5.41, 5.74) is 0.631. The van der Waals surface area contributed by atoms with Crippen molar-refractivity contribution in [2.45, 2.75) is 25.5 Å². The maximum Gasteiger partial charge on any atom is 0.254 e. The number of hydrogen-bond donors (Lipinski definition) is 1. The van der Waals surface area contributed by atoms with Gasteiger partial charge in [-0.25, -0.2) is 0 Å². The van der Waals surface area contributed by atoms with E-state index in [9.17, 15) is 9.90 Å². The second-order valence-electron chi connectivity index (χ2n) is 3.93. The molecule has 4 nitrogen and oxygen atoms in total. The number of carbonyl (C=O) groups is 1. The van der Waals surface area contributed by atoms with Crippen LogP contribution in [0.25, 0.3) is 0 Å². The van der Waals surface area contributed by atoms with Gasteiger partial charge in [0.15, 0.2) is 0 Å². The minimum atomic E-state index is -0.384. The van der Waals surface area contributed by atoms with Crippen molar-refractivity contribution in [3.63, 3.8) is 0 Å². The van der Waals surface area contributed by atoms with Crippen molar-refractivity contribution in [1.29, 1.82) is 0 Å². The highest BCUT2D eigenvalue weighted by atomic mass is 16.3. The monoisotopic (exact) mass is 206 g/mol. The van der Waals surface area contributed by atoms with E-state index in [2.05, 4.69) is 4.98 Å². The molecule has 2 heterocycles. The first-order chi connectivity index (χ1) is 7.18. The molecule has 4 heteroatoms. The zero-order valence-electron chi connectivity index (χ0n) is 8.63. The first-order valence-corrected chi connectivity index (χ1v) is 5.07. The minimum Gasteiger partial charge on any atom is -0.391 e. The molecule has 0 aliphatic carbocycles. The van der Waals surface area contributed by atoms with E-state index in [1.54, 1.807) is 29.4 Å². The molecule has 1 N–H and O–H groups in total. The molecule has 1 aliphatic heterocycles. The van der Waals surface area contributed by atoms with Crippen molar-refractivity contribution in [1.82, 2.24) is 9.88 Å². The second kappa shape index (κ2) is 3.98. The van der Waals surface area contributed by atoms with Gasteiger partial charge in [-0.1, -0.05) is 0 Å². The highest BCUT2D eigenvalue weighted by Gasteiger charge is 2.31. The van der Waals surface area contributed by atoms with Gasteiger partial charge in [-0.05, 0) is 25.5 Å². The van der Waals surface area contributed by atoms with E-state index in [0.29, 0.717) is 18.5 Å². The van der Waals surface area contributed by atoms with E-state index in [0.717, 1.165) is 0 Å². The van der Waals surface area contributed by atoms with Gasteiger partial charge >= 0.3 is 0 Å². The molecule has 1 aromatic heterocycles. The SMILES string of the molecule is C[C@@H]1C[C@@H](O)CN1C(=O)c1ccncc1. The molecule has 1 fully saturated rings. The van der Waals surface area contributed by atoms with E-state index in [-0.39, 0.29) is 18.1 Å². The van der Waals surface area contributed by atoms with Crippen LogP contribution in [-0.2, 0) is 0 Å². The normalized spacial score (nSPS) is 25.6. The molecule has 80 valence electrons. The lowest BCUT2D eigenvalue weighted by atomic mass is 10.2. The van der Waals surface area contributed by atoms with Gasteiger partial charge in [-0.15, -0.1) is 0 Å². The topological polar surface area (TPSA) is 53.4 Å². The number of pyridine rings is 1. The number of likely N-dealkylation sites (tertiary alicyclic amines) is 1. The van der Waals surface area contributed by atoms with Crippen LogP contribution in [0.15, 0.2) is 24.5 Å². The van der Waals surface area contributed by atoms with E-state index in [1.165, 1.54) is 0 Å². The van der Waals surface area contributed by atoms with Crippen LogP contribution in [0.1, 0.15) is 23.7 Å². The Balaban J connectivity index is 2.15. The molecule has 1 saturated heterocycles. The third-order valence-corrected chi connectivity index (χ3v) is 2.74. The van der Waals surface area contributed by atoms with Gasteiger partial charge in [0.2, 0.25) is 0 Å². The van der Waals surface area contributed by atoms with Gasteiger partial charge in [-0.3, -0.25) is 9.78 Å². The molecule has 1 aliphatic rings. The first-order valence-electron chi connectivity index (χ1n) is 5.07. The Hall–Kier alpha value is -1.42. The zero-order chi connectivity index (χ0) is 10.8. The first kappa shape index (κ1) is 10.1. The maximum atomic E-state index is 12.0. The van der Waals surface area contributed by atoms with Crippen LogP contribution in [0.4, 0.5) is 0 Å². The molecule has 0 unspecified atom stereocenters. The summed E-state index contributed by atoms with van der Waals surface area (Å²) in [7, 11) is 0. The molecule has 0 bridgehead atoms. The quantitative estimate of drug-likeness (QED) is 0.735. The summed E-state index contributed by atoms with van der Waals surface area (Å²) in [5.74, 6) is -0.0264. The van der Waals surface area contributed by atoms with Gasteiger partial charge in [0.1, 0.15) is 0 Å². The fraction of sp³-hybridized carbons (Fsp3) is 0.455. The Labute approximate surface area is 88.6 Å². The standard InChI is InChI=1S/C11H14N2O2/c1-8-6-10(14)7-13(8)11(15)9-2-4-12-5-3-9/h2-5,8,10,14H,6-7H2,1H3/t8-,10-/m1/s1. The summed E-state index contributed by atoms with van der Waals surface area (Å²) in [6.45, 7) is 2.39. The van der Waals surface area contributed by atoms with Gasteiger partial charge in [0, 0.05) is 30.5 Å². The number of β-amino-alcohol motifs (C(OH)–C–C–N with tert-alkyl or cyclic N) is 1. The summed E-state index contributed by atoms with van der Waals surface area (Å²) in [6, 6.07) is 3.50. The van der Waals surface area contributed by atoms with Gasteiger partial charge < -0.3 is 10.0 Å². The van der Waals surface area contributed by atoms with Crippen LogP contribution >= 0.6 is 0 Å². The lowest BCUT2D eigenvalue weighted by Gasteiger charge is -2.20. The number of carbonyl (C=O) groups excluding carboxylic acids is 1. The number of hydrogen-bond acceptors (Lipinski definition) is 3. The minimum absolute atomic E-state index is 0.0264. The average Bonchev–Trinajstić information content (AvgIpc) is 2.58. The van der Waals surface area contributed by atoms with Crippen LogP contribution < -0.4 is 0 Å². The van der Waals surface area contributed by atoms with Crippen LogP contribution in [0, 0.1) is 0 Å². The molecule has 1 amide bonds. The summed E-state index contributed by atoms with van der Waals surface area (Å²) in [6.07, 6.45) is 3.48. The zero-order valence-corrected chi connectivity index (χ0v) is 8.63. The van der Waals surface area contributed by atoms with Crippen LogP contribution in [-0.4, -0.2) is 39.6 Å². The fourth-order valence-corrected chi connectivity index (χ4v) is 1.95. The van der Waals surface area contributed by atoms with Crippen molar-refractivity contribution >= 4 is 5.91 Å². The third kappa shape index (κ3) is 1.99. The van der Waals surface area contributed by atoms with Crippen LogP contribution in [0.5, 0.6) is 0 Å². The molecule has 0 aromatic carbocycles. The van der Waals surface area contributed by atoms with Crippen molar-refractivity contribution in [2.75, 3.05) is 6.54 Å². The summed E-state index contributed by atoms with van der Waals surface area (Å²) in [5, 5.41) is 9.46. The molecule has 0 spiro atoms. The largest absolute Gasteiger partial charge is 0.391 e. The molecule has 1 aromatic rings. The predicted octanol–water partition coefficient (Wildman–Crippen LogP) is 0.677. The summed E-state index contributed by atoms with van der Waals surface area (Å²) >= 11 is 0. The molecular formula is C11H14N2O2. The molecular weight excluding hydrogens is 192 g/mol. The lowest BCUT2D eigenvalue weighted by Crippen LogP contribution is -2.34. The number of amides is 1. The molecule has 2 rings (SSSR count). The van der Waals surface area contributed by atoms with E-state index < -0.39 is 0 Å². The fourth-order valence-electron chi connectivity index (χ4n) is 1.95. The number of aliphatic hydroxyl groups is 1. The summed E-state index contributed by atoms with van der Waals surface area (Å²) in [4.78, 5) is 17.6. The van der Waals surface area contributed by atoms with E-state index in [4.69, 9.17) is 0 Å². The van der Waals surface area contributed by atoms with Crippen molar-refractivity contribution in [3.05, 3.63) is 30.1 Å². The van der Waals surface area contributed by atoms with Crippen LogP contribution in [0.2, 0.25) is 0 Å². The smallest absolute Gasteiger partial charge is 0.254 e. The van der Waals surface area contributed by atoms with Gasteiger partial charge in [0.25, 0.3) is 5.91 Å². The highest BCUT2D eigenvalue weighted by Crippen LogP contribution is 2.19. The van der Waals surface area contributed by atoms with Gasteiger partial charge in [-0.2, -0.15) is 0 Å². The third-order valence-electron chi connectivity index (χ3n) is 2.74. The Morgan fingerprint density at radius 3 is 2.73 bits per heavy atom. The van der Waals surface area contributed by atoms with Crippen molar-refractivity contribution in [3.8, 4) is 0 Å². The lowest BCUT2D eigenvalue weighted by molar-refractivity contribution is 0.0726. The number of aliphatic hydroxyl groups excluding tert-OH is 1. The average molecular weight is 206 g/mol. The Morgan fingerprint density at radius 2 is 2.20 bits per heavy atom. The Bertz CT molecular complexity index is 353. The van der Waals surface area contributed by atoms with E-state index in [1.807, 2.05) is 6.92 Å². The predicted molar refractivity (Wildman–Crippen MR) is 55.4 cm³/mol. The van der Waals surface area contributed by atoms with Gasteiger partial charge in [0.05, 0.1) is 6.10 Å². The Morgan fingerprint density at radius 1 is 1.53 bits per heavy atom. The van der Waals surface area contributed by atoms with Crippen LogP contribution in [0.3, 0.4) is 0 Å². The van der Waals surface area contributed by atoms with Crippen molar-refractivity contribution in [2.24, 2.45) is 0 Å². The molecule has 15 heavy (non-hydrogen) atoms. The molecule has 0 saturated carbocycles. The number of rotatable bonds is 1. The summed E-state index contributed by atoms with van der Waals surface area (Å²) < 4.78 is 0. The molecule has 2 atom stereocenters. The van der Waals surface area contributed by atoms with Crippen molar-refractivity contribution < 1.29 is 9.90 Å². The number of nitrogens with zero attached hydrogens (tertiary/aromatic N) is 2. The highest BCUT2D eigenvalue weighted by molar-refractivity contribution is 5.94.